The molecule has 3 rings (SSSR count). The summed E-state index contributed by atoms with van der Waals surface area (Å²) in [5, 5.41) is 0. The first-order valence-corrected chi connectivity index (χ1v) is 8.38. The quantitative estimate of drug-likeness (QED) is 0.451. The third-order valence-corrected chi connectivity index (χ3v) is 4.63. The van der Waals surface area contributed by atoms with Gasteiger partial charge in [0.2, 0.25) is 0 Å². The molecule has 0 fully saturated rings. The minimum absolute atomic E-state index is 0.138. The molecular formula is C20H14F2OS. The second-order valence-corrected chi connectivity index (χ2v) is 6.31. The van der Waals surface area contributed by atoms with Gasteiger partial charge in [-0.3, -0.25) is 4.79 Å². The molecule has 3 aromatic carbocycles. The summed E-state index contributed by atoms with van der Waals surface area (Å²) < 4.78 is 26.2. The van der Waals surface area contributed by atoms with Crippen LogP contribution in [0.3, 0.4) is 0 Å². The highest BCUT2D eigenvalue weighted by Gasteiger charge is 2.12. The first-order chi connectivity index (χ1) is 11.6. The fourth-order valence-electron chi connectivity index (χ4n) is 2.25. The van der Waals surface area contributed by atoms with Gasteiger partial charge in [-0.1, -0.05) is 30.3 Å². The Hall–Kier alpha value is -2.46. The van der Waals surface area contributed by atoms with Crippen LogP contribution in [0, 0.1) is 11.6 Å². The van der Waals surface area contributed by atoms with E-state index in [1.54, 1.807) is 23.9 Å². The van der Waals surface area contributed by atoms with Gasteiger partial charge in [-0.05, 0) is 48.0 Å². The Morgan fingerprint density at radius 1 is 0.792 bits per heavy atom. The standard InChI is InChI=1S/C20H14F2OS/c21-18-11-8-16(12-19(18)22)20(23)15-6-9-17(10-7-15)24-13-14-4-2-1-3-5-14/h1-12H,13H2. The Balaban J connectivity index is 1.69. The van der Waals surface area contributed by atoms with Crippen molar-refractivity contribution < 1.29 is 13.6 Å². The highest BCUT2D eigenvalue weighted by molar-refractivity contribution is 7.98. The van der Waals surface area contributed by atoms with Gasteiger partial charge in [0.1, 0.15) is 0 Å². The van der Waals surface area contributed by atoms with Crippen LogP contribution in [-0.4, -0.2) is 5.78 Å². The Bertz CT molecular complexity index is 845. The van der Waals surface area contributed by atoms with Crippen molar-refractivity contribution >= 4 is 17.5 Å². The van der Waals surface area contributed by atoms with Gasteiger partial charge < -0.3 is 0 Å². The third-order valence-electron chi connectivity index (χ3n) is 3.55. The maximum Gasteiger partial charge on any atom is 0.193 e. The van der Waals surface area contributed by atoms with Crippen molar-refractivity contribution in [1.29, 1.82) is 0 Å². The van der Waals surface area contributed by atoms with Gasteiger partial charge in [-0.2, -0.15) is 0 Å². The number of rotatable bonds is 5. The predicted octanol–water partition coefficient (Wildman–Crippen LogP) is 5.49. The summed E-state index contributed by atoms with van der Waals surface area (Å²) >= 11 is 1.67. The number of hydrogen-bond acceptors (Lipinski definition) is 2. The highest BCUT2D eigenvalue weighted by Crippen LogP contribution is 2.24. The third kappa shape index (κ3) is 3.89. The largest absolute Gasteiger partial charge is 0.289 e. The first kappa shape index (κ1) is 16.4. The fourth-order valence-corrected chi connectivity index (χ4v) is 3.10. The van der Waals surface area contributed by atoms with E-state index in [1.165, 1.54) is 11.6 Å². The molecule has 0 saturated heterocycles. The number of hydrogen-bond donors (Lipinski definition) is 0. The van der Waals surface area contributed by atoms with Gasteiger partial charge in [0.15, 0.2) is 17.4 Å². The zero-order chi connectivity index (χ0) is 16.9. The lowest BCUT2D eigenvalue weighted by molar-refractivity contribution is 0.103. The van der Waals surface area contributed by atoms with Gasteiger partial charge in [0.05, 0.1) is 0 Å². The maximum absolute atomic E-state index is 13.3. The molecule has 0 amide bonds. The van der Waals surface area contributed by atoms with Crippen LogP contribution < -0.4 is 0 Å². The van der Waals surface area contributed by atoms with Crippen LogP contribution >= 0.6 is 11.8 Å². The normalized spacial score (nSPS) is 10.6. The Labute approximate surface area is 143 Å². The van der Waals surface area contributed by atoms with Crippen LogP contribution in [0.25, 0.3) is 0 Å². The zero-order valence-corrected chi connectivity index (χ0v) is 13.5. The topological polar surface area (TPSA) is 17.1 Å². The van der Waals surface area contributed by atoms with Crippen molar-refractivity contribution in [3.8, 4) is 0 Å². The molecule has 0 aliphatic carbocycles. The monoisotopic (exact) mass is 340 g/mol. The summed E-state index contributed by atoms with van der Waals surface area (Å²) in [5.74, 6) is -1.46. The van der Waals surface area contributed by atoms with Gasteiger partial charge in [-0.15, -0.1) is 11.8 Å². The lowest BCUT2D eigenvalue weighted by atomic mass is 10.0. The lowest BCUT2D eigenvalue weighted by Crippen LogP contribution is -2.02. The van der Waals surface area contributed by atoms with Crippen molar-refractivity contribution in [2.75, 3.05) is 0 Å². The van der Waals surface area contributed by atoms with E-state index in [0.717, 1.165) is 22.8 Å². The maximum atomic E-state index is 13.3. The van der Waals surface area contributed by atoms with Crippen molar-refractivity contribution in [2.24, 2.45) is 0 Å². The lowest BCUT2D eigenvalue weighted by Gasteiger charge is -2.05. The van der Waals surface area contributed by atoms with Crippen molar-refractivity contribution in [3.05, 3.63) is 101 Å². The second kappa shape index (κ2) is 7.41. The number of carbonyl (C=O) groups is 1. The van der Waals surface area contributed by atoms with E-state index in [2.05, 4.69) is 12.1 Å². The molecule has 0 radical (unpaired) electrons. The van der Waals surface area contributed by atoms with Crippen molar-refractivity contribution in [3.63, 3.8) is 0 Å². The summed E-state index contributed by atoms with van der Waals surface area (Å²) in [4.78, 5) is 13.3. The van der Waals surface area contributed by atoms with Gasteiger partial charge in [0, 0.05) is 21.8 Å². The van der Waals surface area contributed by atoms with Crippen LogP contribution in [0.5, 0.6) is 0 Å². The van der Waals surface area contributed by atoms with Gasteiger partial charge >= 0.3 is 0 Å². The molecular weight excluding hydrogens is 326 g/mol. The van der Waals surface area contributed by atoms with E-state index in [-0.39, 0.29) is 11.3 Å². The van der Waals surface area contributed by atoms with Crippen LogP contribution in [-0.2, 0) is 5.75 Å². The molecule has 0 saturated carbocycles. The molecule has 0 bridgehead atoms. The zero-order valence-electron chi connectivity index (χ0n) is 12.7. The first-order valence-electron chi connectivity index (χ1n) is 7.40. The molecule has 0 unspecified atom stereocenters. The molecule has 1 nitrogen and oxygen atoms in total. The Morgan fingerprint density at radius 3 is 2.12 bits per heavy atom. The summed E-state index contributed by atoms with van der Waals surface area (Å²) in [6.45, 7) is 0. The van der Waals surface area contributed by atoms with Crippen LogP contribution in [0.1, 0.15) is 21.5 Å². The number of ketones is 1. The number of carbonyl (C=O) groups excluding carboxylic acids is 1. The van der Waals surface area contributed by atoms with E-state index in [4.69, 9.17) is 0 Å². The number of thioether (sulfide) groups is 1. The van der Waals surface area contributed by atoms with Crippen molar-refractivity contribution in [2.45, 2.75) is 10.6 Å². The van der Waals surface area contributed by atoms with Crippen LogP contribution in [0.4, 0.5) is 8.78 Å². The Kier molecular flexibility index (Phi) is 5.06. The molecule has 0 aliphatic heterocycles. The van der Waals surface area contributed by atoms with Crippen molar-refractivity contribution in [1.82, 2.24) is 0 Å². The summed E-state index contributed by atoms with van der Waals surface area (Å²) in [6, 6.07) is 20.4. The average Bonchev–Trinajstić information content (AvgIpc) is 2.63. The minimum atomic E-state index is -1.02. The highest BCUT2D eigenvalue weighted by atomic mass is 32.2. The number of halogens is 2. The molecule has 120 valence electrons. The van der Waals surface area contributed by atoms with Crippen LogP contribution in [0.2, 0.25) is 0 Å². The summed E-state index contributed by atoms with van der Waals surface area (Å²) in [7, 11) is 0. The second-order valence-electron chi connectivity index (χ2n) is 5.26. The predicted molar refractivity (Wildman–Crippen MR) is 92.2 cm³/mol. The van der Waals surface area contributed by atoms with Gasteiger partial charge in [-0.25, -0.2) is 8.78 Å². The minimum Gasteiger partial charge on any atom is -0.289 e. The molecule has 0 atom stereocenters. The number of benzene rings is 3. The summed E-state index contributed by atoms with van der Waals surface area (Å²) in [6.07, 6.45) is 0. The molecule has 0 heterocycles. The molecule has 3 aromatic rings. The average molecular weight is 340 g/mol. The van der Waals surface area contributed by atoms with E-state index in [0.29, 0.717) is 5.56 Å². The van der Waals surface area contributed by atoms with E-state index >= 15 is 0 Å². The smallest absolute Gasteiger partial charge is 0.193 e. The van der Waals surface area contributed by atoms with E-state index < -0.39 is 11.6 Å². The molecule has 24 heavy (non-hydrogen) atoms. The van der Waals surface area contributed by atoms with Gasteiger partial charge in [0.25, 0.3) is 0 Å². The molecule has 0 N–H and O–H groups in total. The molecule has 0 aromatic heterocycles. The molecule has 0 aliphatic rings. The van der Waals surface area contributed by atoms with Crippen LogP contribution in [0.15, 0.2) is 77.7 Å². The summed E-state index contributed by atoms with van der Waals surface area (Å²) in [5.41, 5.74) is 1.81. The molecule has 0 spiro atoms. The Morgan fingerprint density at radius 2 is 1.46 bits per heavy atom. The SMILES string of the molecule is O=C(c1ccc(SCc2ccccc2)cc1)c1ccc(F)c(F)c1. The van der Waals surface area contributed by atoms with E-state index in [1.807, 2.05) is 30.3 Å². The fraction of sp³-hybridized carbons (Fsp3) is 0.0500. The van der Waals surface area contributed by atoms with E-state index in [9.17, 15) is 13.6 Å². The molecule has 4 heteroatoms.